The summed E-state index contributed by atoms with van der Waals surface area (Å²) < 4.78 is 5.01. The average molecular weight is 417 g/mol. The number of carboxylic acids is 1. The Morgan fingerprint density at radius 3 is 1.32 bits per heavy atom. The van der Waals surface area contributed by atoms with Crippen LogP contribution in [0.4, 0.5) is 0 Å². The molecule has 28 heavy (non-hydrogen) atoms. The fourth-order valence-electron chi connectivity index (χ4n) is 3.12. The second kappa shape index (κ2) is 27.9. The fourth-order valence-corrected chi connectivity index (χ4v) is 3.12. The zero-order valence-corrected chi connectivity index (χ0v) is 23.1. The minimum absolute atomic E-state index is 0. The van der Waals surface area contributed by atoms with E-state index >= 15 is 0 Å². The Hall–Kier alpha value is 0.940. The minimum atomic E-state index is -0.954. The van der Waals surface area contributed by atoms with E-state index in [1.165, 1.54) is 89.9 Å². The molecule has 0 aromatic heterocycles. The van der Waals surface area contributed by atoms with Gasteiger partial charge < -0.3 is 9.84 Å². The Labute approximate surface area is 217 Å². The van der Waals surface area contributed by atoms with Gasteiger partial charge in [0.15, 0.2) is 0 Å². The molecule has 0 bridgehead atoms. The van der Waals surface area contributed by atoms with Crippen molar-refractivity contribution in [3.05, 3.63) is 0 Å². The Morgan fingerprint density at radius 2 is 0.964 bits per heavy atom. The van der Waals surface area contributed by atoms with Crippen LogP contribution in [-0.2, 0) is 14.3 Å². The van der Waals surface area contributed by atoms with Gasteiger partial charge in [0.2, 0.25) is 0 Å². The minimum Gasteiger partial charge on any atom is -0.481 e. The maximum Gasteiger partial charge on any atom is 1.00 e. The molecule has 154 valence electrons. The summed E-state index contributed by atoms with van der Waals surface area (Å²) in [6.45, 7) is 2.70. The van der Waals surface area contributed by atoms with Crippen LogP contribution in [0, 0.1) is 0 Å². The van der Waals surface area contributed by atoms with Gasteiger partial charge in [0.05, 0.1) is 19.4 Å². The van der Waals surface area contributed by atoms with Crippen LogP contribution in [0.25, 0.3) is 0 Å². The van der Waals surface area contributed by atoms with Crippen molar-refractivity contribution in [2.24, 2.45) is 0 Å². The molecule has 0 atom stereocenters. The molecular weight excluding hydrogens is 374 g/mol. The van der Waals surface area contributed by atoms with Crippen LogP contribution in [0.1, 0.15) is 122 Å². The van der Waals surface area contributed by atoms with Crippen LogP contribution in [0.2, 0.25) is 0 Å². The van der Waals surface area contributed by atoms with Gasteiger partial charge in [-0.15, -0.1) is 0 Å². The van der Waals surface area contributed by atoms with Gasteiger partial charge in [-0.1, -0.05) is 103 Å². The van der Waals surface area contributed by atoms with E-state index in [-0.39, 0.29) is 72.0 Å². The van der Waals surface area contributed by atoms with Crippen LogP contribution in [0.5, 0.6) is 0 Å². The number of ether oxygens (including phenoxy) is 1. The van der Waals surface area contributed by atoms with Crippen molar-refractivity contribution >= 4 is 11.9 Å². The first-order chi connectivity index (χ1) is 12.7. The molecule has 6 heteroatoms. The van der Waals surface area contributed by atoms with Crippen molar-refractivity contribution in [3.8, 4) is 0 Å². The zero-order valence-electron chi connectivity index (χ0n) is 19.1. The fraction of sp³-hybridized carbons (Fsp3) is 0.909. The Morgan fingerprint density at radius 1 is 0.607 bits per heavy atom. The summed E-state index contributed by atoms with van der Waals surface area (Å²) in [4.78, 5) is 21.6. The Balaban J connectivity index is -0.00000312. The van der Waals surface area contributed by atoms with Crippen LogP contribution in [0.15, 0.2) is 0 Å². The largest absolute Gasteiger partial charge is 1.00 e. The molecule has 1 N–H and O–H groups in total. The first-order valence-electron chi connectivity index (χ1n) is 11.0. The van der Waals surface area contributed by atoms with Gasteiger partial charge in [-0.3, -0.25) is 9.59 Å². The van der Waals surface area contributed by atoms with E-state index in [0.29, 0.717) is 6.61 Å². The molecule has 0 aliphatic heterocycles. The van der Waals surface area contributed by atoms with Crippen molar-refractivity contribution in [1.29, 1.82) is 0 Å². The summed E-state index contributed by atoms with van der Waals surface area (Å²) in [5.41, 5.74) is 0. The van der Waals surface area contributed by atoms with E-state index < -0.39 is 11.9 Å². The first kappa shape index (κ1) is 33.6. The maximum atomic E-state index is 11.2. The summed E-state index contributed by atoms with van der Waals surface area (Å²) in [7, 11) is 0. The zero-order chi connectivity index (χ0) is 19.3. The number of unbranched alkanes of at least 4 members (excludes halogenated alkanes) is 15. The molecule has 0 spiro atoms. The number of carbonyl (C=O) groups is 2. The van der Waals surface area contributed by atoms with Gasteiger partial charge >= 0.3 is 71.1 Å². The molecule has 0 saturated carbocycles. The summed E-state index contributed by atoms with van der Waals surface area (Å²) in [5.74, 6) is -1.35. The van der Waals surface area contributed by atoms with Gasteiger partial charge in [0, 0.05) is 0 Å². The van der Waals surface area contributed by atoms with Crippen LogP contribution in [-0.4, -0.2) is 23.7 Å². The van der Waals surface area contributed by atoms with Crippen molar-refractivity contribution in [3.63, 3.8) is 0 Å². The van der Waals surface area contributed by atoms with E-state index in [1.54, 1.807) is 0 Å². The normalized spacial score (nSPS) is 10.0. The van der Waals surface area contributed by atoms with Gasteiger partial charge in [0.1, 0.15) is 0 Å². The van der Waals surface area contributed by atoms with Crippen molar-refractivity contribution < 1.29 is 78.5 Å². The van der Waals surface area contributed by atoms with Crippen molar-refractivity contribution in [2.45, 2.75) is 122 Å². The molecule has 0 radical (unpaired) electrons. The molecule has 0 unspecified atom stereocenters. The smallest absolute Gasteiger partial charge is 0.481 e. The molecular formula is C22H42Na2O4+2. The molecule has 0 rings (SSSR count). The number of hydrogen-bond donors (Lipinski definition) is 1. The third-order valence-electron chi connectivity index (χ3n) is 4.80. The molecule has 0 heterocycles. The topological polar surface area (TPSA) is 63.6 Å². The summed E-state index contributed by atoms with van der Waals surface area (Å²) in [6, 6.07) is 0. The summed E-state index contributed by atoms with van der Waals surface area (Å²) >= 11 is 0. The predicted octanol–water partition coefficient (Wildman–Crippen LogP) is 0.664. The molecule has 0 aliphatic rings. The SMILES string of the molecule is CCCCCCCCCCCCCCCCCCOC(=O)CCC(=O)O.[Na+].[Na+]. The number of aliphatic carboxylic acids is 1. The molecule has 4 nitrogen and oxygen atoms in total. The van der Waals surface area contributed by atoms with Crippen LogP contribution in [0.3, 0.4) is 0 Å². The quantitative estimate of drug-likeness (QED) is 0.180. The number of carboxylic acid groups (broad SMARTS) is 1. The third kappa shape index (κ3) is 29.1. The van der Waals surface area contributed by atoms with Crippen molar-refractivity contribution in [2.75, 3.05) is 6.61 Å². The molecule has 0 saturated heterocycles. The second-order valence-corrected chi connectivity index (χ2v) is 7.42. The molecule has 0 fully saturated rings. The van der Waals surface area contributed by atoms with E-state index in [2.05, 4.69) is 6.92 Å². The van der Waals surface area contributed by atoms with Crippen LogP contribution >= 0.6 is 0 Å². The standard InChI is InChI=1S/C22H42O4.2Na/c1-2-3-4-5-6-7-8-9-10-11-12-13-14-15-16-17-20-26-22(25)19-18-21(23)24;;/h2-20H2,1H3,(H,23,24);;/q;2*+1. The van der Waals surface area contributed by atoms with Crippen molar-refractivity contribution in [1.82, 2.24) is 0 Å². The van der Waals surface area contributed by atoms with E-state index in [4.69, 9.17) is 9.84 Å². The molecule has 0 aromatic rings. The average Bonchev–Trinajstić information content (AvgIpc) is 2.62. The predicted molar refractivity (Wildman–Crippen MR) is 107 cm³/mol. The van der Waals surface area contributed by atoms with Gasteiger partial charge in [-0.2, -0.15) is 0 Å². The van der Waals surface area contributed by atoms with E-state index in [0.717, 1.165) is 12.8 Å². The molecule has 0 amide bonds. The number of hydrogen-bond acceptors (Lipinski definition) is 3. The molecule has 0 aliphatic carbocycles. The van der Waals surface area contributed by atoms with Gasteiger partial charge in [-0.25, -0.2) is 0 Å². The van der Waals surface area contributed by atoms with Gasteiger partial charge in [0.25, 0.3) is 0 Å². The third-order valence-corrected chi connectivity index (χ3v) is 4.80. The number of rotatable bonds is 20. The number of carbonyl (C=O) groups excluding carboxylic acids is 1. The number of esters is 1. The van der Waals surface area contributed by atoms with Gasteiger partial charge in [-0.05, 0) is 6.42 Å². The Bertz CT molecular complexity index is 338. The van der Waals surface area contributed by atoms with Crippen LogP contribution < -0.4 is 59.1 Å². The van der Waals surface area contributed by atoms with E-state index in [9.17, 15) is 9.59 Å². The van der Waals surface area contributed by atoms with E-state index in [1.807, 2.05) is 0 Å². The molecule has 0 aromatic carbocycles. The Kier molecular flexibility index (Phi) is 33.5. The second-order valence-electron chi connectivity index (χ2n) is 7.42. The summed E-state index contributed by atoms with van der Waals surface area (Å²) in [5, 5.41) is 8.47. The summed E-state index contributed by atoms with van der Waals surface area (Å²) in [6.07, 6.45) is 21.0. The monoisotopic (exact) mass is 416 g/mol. The maximum absolute atomic E-state index is 11.2. The first-order valence-corrected chi connectivity index (χ1v) is 11.0.